The van der Waals surface area contributed by atoms with Crippen LogP contribution < -0.4 is 14.8 Å². The lowest BCUT2D eigenvalue weighted by atomic mass is 10.0. The highest BCUT2D eigenvalue weighted by atomic mass is 16.5. The minimum absolute atomic E-state index is 0.166. The van der Waals surface area contributed by atoms with Gasteiger partial charge in [0.05, 0.1) is 19.3 Å². The molecule has 1 amide bonds. The Kier molecular flexibility index (Phi) is 5.22. The fourth-order valence-electron chi connectivity index (χ4n) is 2.57. The highest BCUT2D eigenvalue weighted by Gasteiger charge is 2.38. The molecule has 1 aromatic rings. The fourth-order valence-corrected chi connectivity index (χ4v) is 2.57. The van der Waals surface area contributed by atoms with Crippen molar-refractivity contribution in [2.45, 2.75) is 37.8 Å². The first kappa shape index (κ1) is 17.3. The molecule has 1 fully saturated rings. The van der Waals surface area contributed by atoms with Gasteiger partial charge in [-0.05, 0) is 30.9 Å². The summed E-state index contributed by atoms with van der Waals surface area (Å²) in [5, 5.41) is 11.1. The molecular weight excluding hydrogens is 318 g/mol. The summed E-state index contributed by atoms with van der Waals surface area (Å²) in [4.78, 5) is 12.5. The van der Waals surface area contributed by atoms with Gasteiger partial charge in [-0.25, -0.2) is 0 Å². The molecule has 132 valence electrons. The average molecular weight is 341 g/mol. The Morgan fingerprint density at radius 3 is 2.84 bits per heavy atom. The van der Waals surface area contributed by atoms with Crippen molar-refractivity contribution in [2.24, 2.45) is 16.1 Å². The second-order valence-electron chi connectivity index (χ2n) is 6.51. The fraction of sp³-hybridized carbons (Fsp3) is 0.526. The van der Waals surface area contributed by atoms with Crippen LogP contribution >= 0.6 is 0 Å². The predicted octanol–water partition coefficient (Wildman–Crippen LogP) is 3.18. The molecule has 1 aliphatic heterocycles. The summed E-state index contributed by atoms with van der Waals surface area (Å²) in [5.74, 6) is 4.28. The molecule has 2 aliphatic rings. The number of carbonyl (C=O) groups excluding carboxylic acids is 1. The van der Waals surface area contributed by atoms with Gasteiger partial charge in [-0.1, -0.05) is 0 Å². The second-order valence-corrected chi connectivity index (χ2v) is 6.51. The number of hydrogen-bond donors (Lipinski definition) is 1. The number of nitrogens with zero attached hydrogens (tertiary/aromatic N) is 2. The Morgan fingerprint density at radius 2 is 2.20 bits per heavy atom. The molecular formula is C19H23N3O3. The van der Waals surface area contributed by atoms with Crippen molar-refractivity contribution in [3.8, 4) is 23.8 Å². The number of nitrogens with one attached hydrogen (secondary N) is 1. The molecule has 25 heavy (non-hydrogen) atoms. The van der Waals surface area contributed by atoms with Crippen LogP contribution in [0.5, 0.6) is 11.5 Å². The molecule has 6 nitrogen and oxygen atoms in total. The molecule has 6 heteroatoms. The Labute approximate surface area is 148 Å². The van der Waals surface area contributed by atoms with Crippen molar-refractivity contribution in [1.82, 2.24) is 5.32 Å². The zero-order valence-electron chi connectivity index (χ0n) is 14.5. The standard InChI is InChI=1S/C19H23N3O3/c1-3-4-9-19(21-22-19)10-11-20-18(23)16-8-7-15(24-2)12-17(16)25-13-14-5-6-14/h1,7-8,12,14H,4-6,9-11,13H2,2H3,(H,20,23). The van der Waals surface area contributed by atoms with E-state index in [0.717, 1.165) is 6.42 Å². The van der Waals surface area contributed by atoms with Crippen LogP contribution in [0.1, 0.15) is 42.5 Å². The van der Waals surface area contributed by atoms with Gasteiger partial charge in [0.15, 0.2) is 5.66 Å². The largest absolute Gasteiger partial charge is 0.497 e. The summed E-state index contributed by atoms with van der Waals surface area (Å²) in [7, 11) is 1.60. The number of terminal acetylenes is 1. The van der Waals surface area contributed by atoms with Gasteiger partial charge in [0.2, 0.25) is 0 Å². The normalized spacial score (nSPS) is 16.8. The van der Waals surface area contributed by atoms with Crippen LogP contribution in [0.15, 0.2) is 28.4 Å². The first-order chi connectivity index (χ1) is 12.2. The number of carbonyl (C=O) groups is 1. The molecule has 0 atom stereocenters. The molecule has 0 radical (unpaired) electrons. The highest BCUT2D eigenvalue weighted by Crippen LogP contribution is 2.36. The summed E-state index contributed by atoms with van der Waals surface area (Å²) in [6.07, 6.45) is 9.70. The Morgan fingerprint density at radius 1 is 1.40 bits per heavy atom. The molecule has 0 unspecified atom stereocenters. The molecule has 3 rings (SSSR count). The predicted molar refractivity (Wildman–Crippen MR) is 93.8 cm³/mol. The number of hydrogen-bond acceptors (Lipinski definition) is 5. The molecule has 0 bridgehead atoms. The van der Waals surface area contributed by atoms with Crippen LogP contribution in [0.2, 0.25) is 0 Å². The van der Waals surface area contributed by atoms with Gasteiger partial charge in [-0.2, -0.15) is 10.2 Å². The van der Waals surface area contributed by atoms with Crippen LogP contribution in [0.25, 0.3) is 0 Å². The third kappa shape index (κ3) is 4.72. The van der Waals surface area contributed by atoms with E-state index >= 15 is 0 Å². The molecule has 1 saturated carbocycles. The number of ether oxygens (including phenoxy) is 2. The van der Waals surface area contributed by atoms with Crippen LogP contribution in [0.4, 0.5) is 0 Å². The maximum absolute atomic E-state index is 12.5. The van der Waals surface area contributed by atoms with Crippen LogP contribution in [-0.2, 0) is 0 Å². The van der Waals surface area contributed by atoms with Crippen LogP contribution in [-0.4, -0.2) is 31.8 Å². The number of amides is 1. The summed E-state index contributed by atoms with van der Waals surface area (Å²) in [6.45, 7) is 1.13. The minimum atomic E-state index is -0.384. The first-order valence-electron chi connectivity index (χ1n) is 8.62. The maximum atomic E-state index is 12.5. The van der Waals surface area contributed by atoms with E-state index in [9.17, 15) is 4.79 Å². The van der Waals surface area contributed by atoms with Gasteiger partial charge in [0.1, 0.15) is 11.5 Å². The van der Waals surface area contributed by atoms with Gasteiger partial charge >= 0.3 is 0 Å². The lowest BCUT2D eigenvalue weighted by molar-refractivity contribution is 0.0947. The topological polar surface area (TPSA) is 72.3 Å². The summed E-state index contributed by atoms with van der Waals surface area (Å²) in [6, 6.07) is 5.26. The molecule has 1 heterocycles. The Balaban J connectivity index is 1.56. The summed E-state index contributed by atoms with van der Waals surface area (Å²) >= 11 is 0. The highest BCUT2D eigenvalue weighted by molar-refractivity contribution is 5.97. The van der Waals surface area contributed by atoms with Gasteiger partial charge in [0, 0.05) is 31.9 Å². The smallest absolute Gasteiger partial charge is 0.255 e. The van der Waals surface area contributed by atoms with Crippen LogP contribution in [0.3, 0.4) is 0 Å². The lowest BCUT2D eigenvalue weighted by Gasteiger charge is -2.14. The Hall–Kier alpha value is -2.55. The van der Waals surface area contributed by atoms with E-state index in [1.165, 1.54) is 12.8 Å². The summed E-state index contributed by atoms with van der Waals surface area (Å²) < 4.78 is 11.1. The van der Waals surface area contributed by atoms with Gasteiger partial charge < -0.3 is 14.8 Å². The third-order valence-corrected chi connectivity index (χ3v) is 4.47. The Bertz CT molecular complexity index is 698. The zero-order valence-corrected chi connectivity index (χ0v) is 14.5. The molecule has 1 N–H and O–H groups in total. The van der Waals surface area contributed by atoms with Crippen molar-refractivity contribution in [3.63, 3.8) is 0 Å². The van der Waals surface area contributed by atoms with Crippen LogP contribution in [0, 0.1) is 18.3 Å². The molecule has 1 aliphatic carbocycles. The van der Waals surface area contributed by atoms with Gasteiger partial charge in [-0.3, -0.25) is 4.79 Å². The van der Waals surface area contributed by atoms with Crippen molar-refractivity contribution < 1.29 is 14.3 Å². The van der Waals surface area contributed by atoms with E-state index in [4.69, 9.17) is 15.9 Å². The number of methoxy groups -OCH3 is 1. The van der Waals surface area contributed by atoms with E-state index in [2.05, 4.69) is 21.5 Å². The van der Waals surface area contributed by atoms with E-state index in [1.54, 1.807) is 25.3 Å². The van der Waals surface area contributed by atoms with Gasteiger partial charge in [-0.15, -0.1) is 12.3 Å². The molecule has 0 spiro atoms. The number of benzene rings is 1. The van der Waals surface area contributed by atoms with Gasteiger partial charge in [0.25, 0.3) is 5.91 Å². The minimum Gasteiger partial charge on any atom is -0.497 e. The van der Waals surface area contributed by atoms with Crippen molar-refractivity contribution >= 4 is 5.91 Å². The van der Waals surface area contributed by atoms with E-state index in [1.807, 2.05) is 0 Å². The molecule has 0 saturated heterocycles. The maximum Gasteiger partial charge on any atom is 0.255 e. The zero-order chi connectivity index (χ0) is 17.7. The van der Waals surface area contributed by atoms with Crippen molar-refractivity contribution in [3.05, 3.63) is 23.8 Å². The SMILES string of the molecule is C#CCCC1(CCNC(=O)c2ccc(OC)cc2OCC2CC2)N=N1. The van der Waals surface area contributed by atoms with E-state index in [-0.39, 0.29) is 11.6 Å². The average Bonchev–Trinajstić information content (AvgIpc) is 3.54. The molecule has 1 aromatic carbocycles. The summed E-state index contributed by atoms with van der Waals surface area (Å²) in [5.41, 5.74) is 0.133. The monoisotopic (exact) mass is 341 g/mol. The van der Waals surface area contributed by atoms with Crippen molar-refractivity contribution in [1.29, 1.82) is 0 Å². The molecule has 0 aromatic heterocycles. The third-order valence-electron chi connectivity index (χ3n) is 4.47. The van der Waals surface area contributed by atoms with E-state index < -0.39 is 0 Å². The quantitative estimate of drug-likeness (QED) is 0.664. The first-order valence-corrected chi connectivity index (χ1v) is 8.62. The number of rotatable bonds is 10. The lowest BCUT2D eigenvalue weighted by Crippen LogP contribution is -2.28. The van der Waals surface area contributed by atoms with E-state index in [0.29, 0.717) is 49.0 Å². The van der Waals surface area contributed by atoms with Crippen molar-refractivity contribution in [2.75, 3.05) is 20.3 Å². The second kappa shape index (κ2) is 7.56.